The van der Waals surface area contributed by atoms with Crippen molar-refractivity contribution in [1.29, 1.82) is 5.26 Å². The third-order valence-corrected chi connectivity index (χ3v) is 4.28. The highest BCUT2D eigenvalue weighted by Crippen LogP contribution is 2.47. The van der Waals surface area contributed by atoms with E-state index in [1.807, 2.05) is 24.3 Å². The van der Waals surface area contributed by atoms with Gasteiger partial charge in [-0.1, -0.05) is 23.7 Å². The van der Waals surface area contributed by atoms with Gasteiger partial charge in [0.1, 0.15) is 11.9 Å². The number of aromatic nitrogens is 1. The molecule has 0 bridgehead atoms. The van der Waals surface area contributed by atoms with Crippen molar-refractivity contribution in [1.82, 2.24) is 10.3 Å². The molecule has 1 fully saturated rings. The van der Waals surface area contributed by atoms with Crippen LogP contribution in [0.15, 0.2) is 42.6 Å². The molecule has 1 aliphatic rings. The molecule has 1 aromatic heterocycles. The Bertz CT molecular complexity index is 787. The number of nitrogens with one attached hydrogen (secondary N) is 2. The van der Waals surface area contributed by atoms with E-state index in [-0.39, 0.29) is 17.7 Å². The SMILES string of the molecule is N#Cc1cccnc1NCCNC(=O)[C@H]1C[C@@H]1c1cccc(Cl)c1. The van der Waals surface area contributed by atoms with E-state index in [9.17, 15) is 4.79 Å². The zero-order chi connectivity index (χ0) is 16.9. The van der Waals surface area contributed by atoms with Crippen molar-refractivity contribution in [3.63, 3.8) is 0 Å². The molecule has 0 aliphatic heterocycles. The van der Waals surface area contributed by atoms with Crippen molar-refractivity contribution in [3.05, 3.63) is 58.7 Å². The molecule has 1 aromatic carbocycles. The first-order chi connectivity index (χ1) is 11.7. The second kappa shape index (κ2) is 7.33. The molecule has 1 heterocycles. The number of nitrogens with zero attached hydrogens (tertiary/aromatic N) is 2. The third-order valence-electron chi connectivity index (χ3n) is 4.05. The number of carbonyl (C=O) groups excluding carboxylic acids is 1. The van der Waals surface area contributed by atoms with Crippen LogP contribution in [0.5, 0.6) is 0 Å². The first-order valence-electron chi connectivity index (χ1n) is 7.81. The van der Waals surface area contributed by atoms with E-state index in [1.165, 1.54) is 0 Å². The van der Waals surface area contributed by atoms with Crippen molar-refractivity contribution < 1.29 is 4.79 Å². The number of benzene rings is 1. The number of carbonyl (C=O) groups is 1. The van der Waals surface area contributed by atoms with Crippen LogP contribution >= 0.6 is 11.6 Å². The Balaban J connectivity index is 1.43. The van der Waals surface area contributed by atoms with Gasteiger partial charge < -0.3 is 10.6 Å². The molecule has 0 saturated heterocycles. The van der Waals surface area contributed by atoms with Gasteiger partial charge in [0.25, 0.3) is 0 Å². The number of hydrogen-bond donors (Lipinski definition) is 2. The number of rotatable bonds is 6. The van der Waals surface area contributed by atoms with E-state index in [2.05, 4.69) is 21.7 Å². The molecule has 0 unspecified atom stereocenters. The average Bonchev–Trinajstić information content (AvgIpc) is 3.40. The lowest BCUT2D eigenvalue weighted by Gasteiger charge is -2.08. The summed E-state index contributed by atoms with van der Waals surface area (Å²) >= 11 is 5.99. The Morgan fingerprint density at radius 3 is 3.00 bits per heavy atom. The highest BCUT2D eigenvalue weighted by Gasteiger charge is 2.43. The van der Waals surface area contributed by atoms with Gasteiger partial charge in [0.15, 0.2) is 0 Å². The normalized spacial score (nSPS) is 18.5. The summed E-state index contributed by atoms with van der Waals surface area (Å²) in [5.74, 6) is 0.881. The topological polar surface area (TPSA) is 77.8 Å². The monoisotopic (exact) mass is 340 g/mol. The summed E-state index contributed by atoms with van der Waals surface area (Å²) in [5.41, 5.74) is 1.61. The maximum Gasteiger partial charge on any atom is 0.223 e. The van der Waals surface area contributed by atoms with Crippen LogP contribution in [0, 0.1) is 17.2 Å². The number of pyridine rings is 1. The zero-order valence-electron chi connectivity index (χ0n) is 13.0. The molecule has 2 N–H and O–H groups in total. The largest absolute Gasteiger partial charge is 0.367 e. The van der Waals surface area contributed by atoms with Crippen LogP contribution in [0.25, 0.3) is 0 Å². The van der Waals surface area contributed by atoms with E-state index in [0.29, 0.717) is 29.5 Å². The van der Waals surface area contributed by atoms with Gasteiger partial charge in [0.2, 0.25) is 5.91 Å². The van der Waals surface area contributed by atoms with Crippen LogP contribution in [-0.4, -0.2) is 24.0 Å². The lowest BCUT2D eigenvalue weighted by molar-refractivity contribution is -0.122. The van der Waals surface area contributed by atoms with Crippen LogP contribution in [0.1, 0.15) is 23.5 Å². The van der Waals surface area contributed by atoms with Crippen LogP contribution in [-0.2, 0) is 4.79 Å². The Morgan fingerprint density at radius 2 is 2.21 bits per heavy atom. The summed E-state index contributed by atoms with van der Waals surface area (Å²) in [5, 5.41) is 15.7. The van der Waals surface area contributed by atoms with Gasteiger partial charge in [-0.15, -0.1) is 0 Å². The zero-order valence-corrected chi connectivity index (χ0v) is 13.8. The molecule has 2 aromatic rings. The van der Waals surface area contributed by atoms with E-state index in [0.717, 1.165) is 12.0 Å². The molecule has 6 heteroatoms. The predicted molar refractivity (Wildman–Crippen MR) is 92.8 cm³/mol. The van der Waals surface area contributed by atoms with Gasteiger partial charge in [0, 0.05) is 30.2 Å². The summed E-state index contributed by atoms with van der Waals surface area (Å²) in [6.07, 6.45) is 2.49. The summed E-state index contributed by atoms with van der Waals surface area (Å²) in [6.45, 7) is 1.00. The molecule has 122 valence electrons. The Labute approximate surface area is 145 Å². The highest BCUT2D eigenvalue weighted by molar-refractivity contribution is 6.30. The van der Waals surface area contributed by atoms with E-state index < -0.39 is 0 Å². The minimum atomic E-state index is 0.0213. The molecule has 3 rings (SSSR count). The fraction of sp³-hybridized carbons (Fsp3) is 0.278. The first-order valence-corrected chi connectivity index (χ1v) is 8.19. The van der Waals surface area contributed by atoms with Crippen molar-refractivity contribution in [2.45, 2.75) is 12.3 Å². The molecule has 0 spiro atoms. The predicted octanol–water partition coefficient (Wildman–Crippen LogP) is 2.94. The fourth-order valence-electron chi connectivity index (χ4n) is 2.72. The van der Waals surface area contributed by atoms with Crippen LogP contribution in [0.3, 0.4) is 0 Å². The van der Waals surface area contributed by atoms with Crippen molar-refractivity contribution >= 4 is 23.3 Å². The van der Waals surface area contributed by atoms with Gasteiger partial charge in [-0.2, -0.15) is 5.26 Å². The van der Waals surface area contributed by atoms with Crippen molar-refractivity contribution in [2.24, 2.45) is 5.92 Å². The fourth-order valence-corrected chi connectivity index (χ4v) is 2.92. The molecule has 5 nitrogen and oxygen atoms in total. The van der Waals surface area contributed by atoms with Gasteiger partial charge in [-0.25, -0.2) is 4.98 Å². The third kappa shape index (κ3) is 3.84. The maximum absolute atomic E-state index is 12.2. The van der Waals surface area contributed by atoms with Gasteiger partial charge in [0.05, 0.1) is 5.56 Å². The molecule has 1 aliphatic carbocycles. The van der Waals surface area contributed by atoms with Crippen molar-refractivity contribution in [3.8, 4) is 6.07 Å². The van der Waals surface area contributed by atoms with Crippen LogP contribution in [0.4, 0.5) is 5.82 Å². The highest BCUT2D eigenvalue weighted by atomic mass is 35.5. The quantitative estimate of drug-likeness (QED) is 0.792. The molecule has 1 saturated carbocycles. The summed E-state index contributed by atoms with van der Waals surface area (Å²) in [7, 11) is 0. The Hall–Kier alpha value is -2.58. The first kappa shape index (κ1) is 16.3. The number of nitriles is 1. The van der Waals surface area contributed by atoms with E-state index in [1.54, 1.807) is 18.3 Å². The summed E-state index contributed by atoms with van der Waals surface area (Å²) < 4.78 is 0. The van der Waals surface area contributed by atoms with Crippen molar-refractivity contribution in [2.75, 3.05) is 18.4 Å². The number of amides is 1. The van der Waals surface area contributed by atoms with Gasteiger partial charge in [-0.05, 0) is 42.2 Å². The summed E-state index contributed by atoms with van der Waals surface area (Å²) in [4.78, 5) is 16.3. The molecule has 24 heavy (non-hydrogen) atoms. The van der Waals surface area contributed by atoms with Crippen LogP contribution in [0.2, 0.25) is 5.02 Å². The Morgan fingerprint density at radius 1 is 1.33 bits per heavy atom. The van der Waals surface area contributed by atoms with Gasteiger partial charge >= 0.3 is 0 Å². The number of halogens is 1. The minimum absolute atomic E-state index is 0.0213. The van der Waals surface area contributed by atoms with Gasteiger partial charge in [-0.3, -0.25) is 4.79 Å². The molecule has 0 radical (unpaired) electrons. The van der Waals surface area contributed by atoms with E-state index >= 15 is 0 Å². The standard InChI is InChI=1S/C18H17ClN4O/c19-14-5-1-3-12(9-14)15-10-16(15)18(24)23-8-7-22-17-13(11-20)4-2-6-21-17/h1-6,9,15-16H,7-8,10H2,(H,21,22)(H,23,24)/t15-,16+/m1/s1. The second-order valence-electron chi connectivity index (χ2n) is 5.73. The smallest absolute Gasteiger partial charge is 0.223 e. The second-order valence-corrected chi connectivity index (χ2v) is 6.17. The maximum atomic E-state index is 12.2. The minimum Gasteiger partial charge on any atom is -0.367 e. The van der Waals surface area contributed by atoms with Crippen LogP contribution < -0.4 is 10.6 Å². The number of anilines is 1. The number of hydrogen-bond acceptors (Lipinski definition) is 4. The Kier molecular flexibility index (Phi) is 4.97. The van der Waals surface area contributed by atoms with E-state index in [4.69, 9.17) is 16.9 Å². The molecule has 2 atom stereocenters. The average molecular weight is 341 g/mol. The lowest BCUT2D eigenvalue weighted by Crippen LogP contribution is -2.30. The molecular weight excluding hydrogens is 324 g/mol. The molecular formula is C18H17ClN4O. The summed E-state index contributed by atoms with van der Waals surface area (Å²) in [6, 6.07) is 13.2. The molecule has 1 amide bonds. The lowest BCUT2D eigenvalue weighted by atomic mass is 10.1.